The summed E-state index contributed by atoms with van der Waals surface area (Å²) in [4.78, 5) is 13.2. The van der Waals surface area contributed by atoms with Crippen molar-refractivity contribution in [1.29, 1.82) is 0 Å². The number of aromatic nitrogens is 1. The van der Waals surface area contributed by atoms with Crippen LogP contribution in [0.4, 0.5) is 5.69 Å². The number of hydrogen-bond acceptors (Lipinski definition) is 2. The minimum absolute atomic E-state index is 0.172. The van der Waals surface area contributed by atoms with E-state index in [0.29, 0.717) is 23.8 Å². The molecule has 0 aliphatic heterocycles. The van der Waals surface area contributed by atoms with Crippen LogP contribution in [0.1, 0.15) is 41.3 Å². The molecule has 4 rings (SSSR count). The highest BCUT2D eigenvalue weighted by Crippen LogP contribution is 2.27. The van der Waals surface area contributed by atoms with Crippen molar-refractivity contribution in [2.45, 2.75) is 26.4 Å². The summed E-state index contributed by atoms with van der Waals surface area (Å²) in [7, 11) is 2.00. The number of aryl methyl sites for hydroxylation is 1. The number of ether oxygens (including phenoxy) is 1. The van der Waals surface area contributed by atoms with Gasteiger partial charge in [-0.15, -0.1) is 0 Å². The summed E-state index contributed by atoms with van der Waals surface area (Å²) in [5, 5.41) is 4.18. The number of anilines is 1. The van der Waals surface area contributed by atoms with Crippen molar-refractivity contribution in [1.82, 2.24) is 4.57 Å². The average Bonchev–Trinajstić information content (AvgIpc) is 3.13. The van der Waals surface area contributed by atoms with E-state index in [4.69, 9.17) is 4.74 Å². The first kappa shape index (κ1) is 19.8. The highest BCUT2D eigenvalue weighted by atomic mass is 16.5. The molecule has 0 atom stereocenters. The molecule has 4 heteroatoms. The minimum atomic E-state index is -0.172. The molecule has 152 valence electrons. The lowest BCUT2D eigenvalue weighted by Crippen LogP contribution is -2.14. The smallest absolute Gasteiger partial charge is 0.259 e. The molecule has 4 nitrogen and oxygen atoms in total. The standard InChI is InChI=1S/C26H26N2O2/c1-18(2)21-10-12-25(30-17-19-7-5-4-6-8-19)23(15-21)26(29)27-22-11-9-20-13-14-28(3)24(20)16-22/h4-16,18H,17H2,1-3H3,(H,27,29). The fraction of sp³-hybridized carbons (Fsp3) is 0.192. The van der Waals surface area contributed by atoms with E-state index in [1.165, 1.54) is 0 Å². The van der Waals surface area contributed by atoms with E-state index in [9.17, 15) is 4.79 Å². The molecule has 0 aliphatic rings. The molecule has 1 N–H and O–H groups in total. The summed E-state index contributed by atoms with van der Waals surface area (Å²) in [6.45, 7) is 4.65. The van der Waals surface area contributed by atoms with E-state index in [2.05, 4.69) is 25.2 Å². The van der Waals surface area contributed by atoms with Crippen molar-refractivity contribution in [2.75, 3.05) is 5.32 Å². The normalized spacial score (nSPS) is 11.1. The van der Waals surface area contributed by atoms with Crippen LogP contribution in [0.25, 0.3) is 10.9 Å². The maximum Gasteiger partial charge on any atom is 0.259 e. The quantitative estimate of drug-likeness (QED) is 0.424. The Morgan fingerprint density at radius 1 is 1.00 bits per heavy atom. The molecule has 1 heterocycles. The lowest BCUT2D eigenvalue weighted by atomic mass is 10.00. The van der Waals surface area contributed by atoms with E-state index in [1.807, 2.05) is 84.5 Å². The third-order valence-corrected chi connectivity index (χ3v) is 5.30. The predicted molar refractivity (Wildman–Crippen MR) is 122 cm³/mol. The lowest BCUT2D eigenvalue weighted by Gasteiger charge is -2.15. The summed E-state index contributed by atoms with van der Waals surface area (Å²) in [5.74, 6) is 0.731. The zero-order chi connectivity index (χ0) is 21.1. The van der Waals surface area contributed by atoms with E-state index in [0.717, 1.165) is 27.7 Å². The van der Waals surface area contributed by atoms with Crippen molar-refractivity contribution in [2.24, 2.45) is 7.05 Å². The number of carbonyl (C=O) groups excluding carboxylic acids is 1. The molecule has 30 heavy (non-hydrogen) atoms. The first-order valence-corrected chi connectivity index (χ1v) is 10.2. The monoisotopic (exact) mass is 398 g/mol. The van der Waals surface area contributed by atoms with Gasteiger partial charge in [0.15, 0.2) is 0 Å². The zero-order valence-corrected chi connectivity index (χ0v) is 17.6. The largest absolute Gasteiger partial charge is 0.488 e. The van der Waals surface area contributed by atoms with Gasteiger partial charge < -0.3 is 14.6 Å². The fourth-order valence-corrected chi connectivity index (χ4v) is 3.48. The first-order chi connectivity index (χ1) is 14.5. The third kappa shape index (κ3) is 4.23. The minimum Gasteiger partial charge on any atom is -0.488 e. The van der Waals surface area contributed by atoms with Crippen LogP contribution in [-0.4, -0.2) is 10.5 Å². The van der Waals surface area contributed by atoms with Gasteiger partial charge in [0.2, 0.25) is 0 Å². The number of nitrogens with zero attached hydrogens (tertiary/aromatic N) is 1. The van der Waals surface area contributed by atoms with Gasteiger partial charge in [0, 0.05) is 24.4 Å². The van der Waals surface area contributed by atoms with Crippen LogP contribution in [0.3, 0.4) is 0 Å². The second-order valence-corrected chi connectivity index (χ2v) is 7.84. The summed E-state index contributed by atoms with van der Waals surface area (Å²) in [5.41, 5.74) is 4.54. The molecule has 1 amide bonds. The zero-order valence-electron chi connectivity index (χ0n) is 17.6. The molecule has 0 bridgehead atoms. The van der Waals surface area contributed by atoms with Crippen LogP contribution >= 0.6 is 0 Å². The molecule has 0 fully saturated rings. The number of rotatable bonds is 6. The molecule has 0 saturated heterocycles. The van der Waals surface area contributed by atoms with Gasteiger partial charge in [0.1, 0.15) is 12.4 Å². The fourth-order valence-electron chi connectivity index (χ4n) is 3.48. The molecule has 0 radical (unpaired) electrons. The molecule has 0 unspecified atom stereocenters. The van der Waals surface area contributed by atoms with Gasteiger partial charge in [-0.2, -0.15) is 0 Å². The maximum atomic E-state index is 13.2. The molecule has 4 aromatic rings. The van der Waals surface area contributed by atoms with Gasteiger partial charge in [-0.05, 0) is 52.8 Å². The number of hydrogen-bond donors (Lipinski definition) is 1. The Morgan fingerprint density at radius 3 is 2.57 bits per heavy atom. The molecule has 0 spiro atoms. The Kier molecular flexibility index (Phi) is 5.57. The van der Waals surface area contributed by atoms with Crippen molar-refractivity contribution in [3.8, 4) is 5.75 Å². The number of fused-ring (bicyclic) bond motifs is 1. The van der Waals surface area contributed by atoms with Crippen molar-refractivity contribution in [3.63, 3.8) is 0 Å². The molecule has 1 aromatic heterocycles. The van der Waals surface area contributed by atoms with Gasteiger partial charge >= 0.3 is 0 Å². The van der Waals surface area contributed by atoms with Crippen LogP contribution in [0.5, 0.6) is 5.75 Å². The van der Waals surface area contributed by atoms with Crippen LogP contribution in [-0.2, 0) is 13.7 Å². The maximum absolute atomic E-state index is 13.2. The van der Waals surface area contributed by atoms with Gasteiger partial charge in [0.05, 0.1) is 5.56 Å². The molecule has 0 saturated carbocycles. The van der Waals surface area contributed by atoms with Crippen LogP contribution < -0.4 is 10.1 Å². The van der Waals surface area contributed by atoms with Gasteiger partial charge in [-0.3, -0.25) is 4.79 Å². The number of benzene rings is 3. The first-order valence-electron chi connectivity index (χ1n) is 10.2. The Morgan fingerprint density at radius 2 is 1.80 bits per heavy atom. The van der Waals surface area contributed by atoms with E-state index >= 15 is 0 Å². The second kappa shape index (κ2) is 8.46. The lowest BCUT2D eigenvalue weighted by molar-refractivity contribution is 0.102. The summed E-state index contributed by atoms with van der Waals surface area (Å²) in [6.07, 6.45) is 2.01. The molecule has 3 aromatic carbocycles. The Hall–Kier alpha value is -3.53. The third-order valence-electron chi connectivity index (χ3n) is 5.30. The van der Waals surface area contributed by atoms with E-state index in [-0.39, 0.29) is 5.91 Å². The Labute approximate surface area is 177 Å². The van der Waals surface area contributed by atoms with Crippen LogP contribution in [0.15, 0.2) is 79.0 Å². The van der Waals surface area contributed by atoms with Crippen LogP contribution in [0.2, 0.25) is 0 Å². The van der Waals surface area contributed by atoms with Gasteiger partial charge in [0.25, 0.3) is 5.91 Å². The predicted octanol–water partition coefficient (Wildman–Crippen LogP) is 6.13. The van der Waals surface area contributed by atoms with Gasteiger partial charge in [-0.25, -0.2) is 0 Å². The Bertz CT molecular complexity index is 1180. The SMILES string of the molecule is CC(C)c1ccc(OCc2ccccc2)c(C(=O)Nc2ccc3ccn(C)c3c2)c1. The van der Waals surface area contributed by atoms with Gasteiger partial charge in [-0.1, -0.05) is 56.3 Å². The highest BCUT2D eigenvalue weighted by Gasteiger charge is 2.16. The van der Waals surface area contributed by atoms with Crippen molar-refractivity contribution in [3.05, 3.63) is 95.7 Å². The van der Waals surface area contributed by atoms with Crippen molar-refractivity contribution >= 4 is 22.5 Å². The average molecular weight is 399 g/mol. The number of nitrogens with one attached hydrogen (secondary N) is 1. The van der Waals surface area contributed by atoms with Crippen LogP contribution in [0, 0.1) is 0 Å². The highest BCUT2D eigenvalue weighted by molar-refractivity contribution is 6.07. The molecule has 0 aliphatic carbocycles. The number of carbonyl (C=O) groups is 1. The summed E-state index contributed by atoms with van der Waals surface area (Å²) >= 11 is 0. The van der Waals surface area contributed by atoms with Crippen molar-refractivity contribution < 1.29 is 9.53 Å². The second-order valence-electron chi connectivity index (χ2n) is 7.84. The molecular weight excluding hydrogens is 372 g/mol. The molecular formula is C26H26N2O2. The number of amides is 1. The van der Waals surface area contributed by atoms with E-state index < -0.39 is 0 Å². The Balaban J connectivity index is 1.61. The summed E-state index contributed by atoms with van der Waals surface area (Å²) < 4.78 is 8.07. The summed E-state index contributed by atoms with van der Waals surface area (Å²) in [6, 6.07) is 23.8. The van der Waals surface area contributed by atoms with E-state index in [1.54, 1.807) is 0 Å². The topological polar surface area (TPSA) is 43.3 Å².